The van der Waals surface area contributed by atoms with Gasteiger partial charge >= 0.3 is 7.48 Å². The molecule has 21 heavy (non-hydrogen) atoms. The molecule has 0 spiro atoms. The highest BCUT2D eigenvalue weighted by molar-refractivity contribution is 6.39. The van der Waals surface area contributed by atoms with Crippen molar-refractivity contribution in [1.29, 1.82) is 0 Å². The molecule has 5 heteroatoms. The largest absolute Gasteiger partial charge is 0.427 e. The number of hydrogen-bond acceptors (Lipinski definition) is 4. The van der Waals surface area contributed by atoms with E-state index in [0.717, 1.165) is 12.0 Å². The van der Waals surface area contributed by atoms with Crippen LogP contribution in [-0.4, -0.2) is 46.6 Å². The molecule has 0 aromatic rings. The maximum Gasteiger partial charge on any atom is 0.332 e. The van der Waals surface area contributed by atoms with Gasteiger partial charge in [-0.2, -0.15) is 0 Å². The van der Waals surface area contributed by atoms with E-state index in [1.165, 1.54) is 19.3 Å². The lowest BCUT2D eigenvalue weighted by molar-refractivity contribution is -0.0896. The predicted molar refractivity (Wildman–Crippen MR) is 84.5 cm³/mol. The van der Waals surface area contributed by atoms with E-state index in [1.54, 1.807) is 27.4 Å². The van der Waals surface area contributed by atoms with Gasteiger partial charge in [-0.15, -0.1) is 0 Å². The summed E-state index contributed by atoms with van der Waals surface area (Å²) in [4.78, 5) is 1.95. The normalized spacial score (nSPS) is 23.8. The van der Waals surface area contributed by atoms with Crippen molar-refractivity contribution in [2.24, 2.45) is 5.92 Å². The molecule has 1 radical (unpaired) electrons. The summed E-state index contributed by atoms with van der Waals surface area (Å²) in [6.07, 6.45) is 8.81. The first-order chi connectivity index (χ1) is 9.69. The predicted octanol–water partition coefficient (Wildman–Crippen LogP) is 2.00. The Bertz CT molecular complexity index is 422. The fraction of sp³-hybridized carbons (Fsp3) is 0.750. The summed E-state index contributed by atoms with van der Waals surface area (Å²) in [5.41, 5.74) is -0.721. The second kappa shape index (κ2) is 6.15. The highest BCUT2D eigenvalue weighted by Crippen LogP contribution is 2.29. The van der Waals surface area contributed by atoms with Gasteiger partial charge in [0.2, 0.25) is 0 Å². The van der Waals surface area contributed by atoms with Crippen molar-refractivity contribution in [1.82, 2.24) is 4.90 Å². The van der Waals surface area contributed by atoms with Crippen LogP contribution in [0, 0.1) is 5.92 Å². The summed E-state index contributed by atoms with van der Waals surface area (Å²) in [6, 6.07) is 0. The van der Waals surface area contributed by atoms with Crippen LogP contribution in [0.15, 0.2) is 23.8 Å². The van der Waals surface area contributed by atoms with Crippen molar-refractivity contribution in [2.75, 3.05) is 6.54 Å². The van der Waals surface area contributed by atoms with Gasteiger partial charge in [0.05, 0.1) is 11.2 Å². The summed E-state index contributed by atoms with van der Waals surface area (Å²) in [6.45, 7) is 8.07. The van der Waals surface area contributed by atoms with E-state index < -0.39 is 17.4 Å². The highest BCUT2D eigenvalue weighted by Gasteiger charge is 2.36. The third-order valence-electron chi connectivity index (χ3n) is 4.77. The van der Waals surface area contributed by atoms with Crippen molar-refractivity contribution in [3.05, 3.63) is 23.8 Å². The van der Waals surface area contributed by atoms with E-state index in [2.05, 4.69) is 0 Å². The third kappa shape index (κ3) is 4.12. The van der Waals surface area contributed by atoms with Crippen molar-refractivity contribution in [3.63, 3.8) is 0 Å². The second-order valence-corrected chi connectivity index (χ2v) is 7.20. The SMILES string of the molecule is CC(C)(O)C(C)(C)O[B]C1=CN(CC2CCC2)C(O)C=C1. The minimum Gasteiger partial charge on any atom is -0.427 e. The van der Waals surface area contributed by atoms with Crippen LogP contribution in [0.1, 0.15) is 47.0 Å². The molecule has 0 aromatic carbocycles. The minimum atomic E-state index is -0.937. The standard InChI is InChI=1S/C16H27BNO3/c1-15(2,20)16(3,4)21-17-13-8-9-14(19)18(11-13)10-12-6-5-7-12/h8-9,11-12,14,19-20H,5-7,10H2,1-4H3. The fourth-order valence-electron chi connectivity index (χ4n) is 2.18. The monoisotopic (exact) mass is 292 g/mol. The Kier molecular flexibility index (Phi) is 4.86. The molecule has 0 saturated heterocycles. The minimum absolute atomic E-state index is 0.551. The Balaban J connectivity index is 1.92. The van der Waals surface area contributed by atoms with Crippen molar-refractivity contribution in [2.45, 2.75) is 64.4 Å². The molecule has 0 aromatic heterocycles. The topological polar surface area (TPSA) is 52.9 Å². The highest BCUT2D eigenvalue weighted by atomic mass is 16.5. The maximum absolute atomic E-state index is 10.1. The third-order valence-corrected chi connectivity index (χ3v) is 4.77. The van der Waals surface area contributed by atoms with Gasteiger partial charge in [0.1, 0.15) is 6.23 Å². The van der Waals surface area contributed by atoms with E-state index >= 15 is 0 Å². The molecular formula is C16H27BNO3. The van der Waals surface area contributed by atoms with Gasteiger partial charge in [0.15, 0.2) is 0 Å². The first-order valence-electron chi connectivity index (χ1n) is 7.76. The molecular weight excluding hydrogens is 265 g/mol. The molecule has 1 saturated carbocycles. The van der Waals surface area contributed by atoms with Crippen molar-refractivity contribution >= 4 is 7.48 Å². The van der Waals surface area contributed by atoms with Gasteiger partial charge < -0.3 is 19.8 Å². The Morgan fingerprint density at radius 1 is 1.33 bits per heavy atom. The zero-order chi connectivity index (χ0) is 15.7. The van der Waals surface area contributed by atoms with Gasteiger partial charge in [-0.05, 0) is 64.2 Å². The average Bonchev–Trinajstić information content (AvgIpc) is 2.32. The summed E-state index contributed by atoms with van der Waals surface area (Å²) < 4.78 is 5.76. The zero-order valence-electron chi connectivity index (χ0n) is 13.5. The number of aliphatic hydroxyl groups is 2. The second-order valence-electron chi connectivity index (χ2n) is 7.20. The molecule has 1 aliphatic carbocycles. The molecule has 1 fully saturated rings. The number of aliphatic hydroxyl groups excluding tert-OH is 1. The molecule has 1 unspecified atom stereocenters. The Morgan fingerprint density at radius 2 is 2.00 bits per heavy atom. The van der Waals surface area contributed by atoms with Gasteiger partial charge in [-0.3, -0.25) is 0 Å². The fourth-order valence-corrected chi connectivity index (χ4v) is 2.18. The molecule has 1 heterocycles. The van der Waals surface area contributed by atoms with Crippen LogP contribution < -0.4 is 0 Å². The van der Waals surface area contributed by atoms with Gasteiger partial charge in [0, 0.05) is 6.54 Å². The van der Waals surface area contributed by atoms with Gasteiger partial charge in [-0.25, -0.2) is 0 Å². The van der Waals surface area contributed by atoms with Crippen molar-refractivity contribution < 1.29 is 14.9 Å². The summed E-state index contributed by atoms with van der Waals surface area (Å²) >= 11 is 0. The van der Waals surface area contributed by atoms with Crippen LogP contribution >= 0.6 is 0 Å². The first kappa shape index (κ1) is 16.6. The summed E-state index contributed by atoms with van der Waals surface area (Å²) in [5, 5.41) is 20.1. The summed E-state index contributed by atoms with van der Waals surface area (Å²) in [5.74, 6) is 0.692. The lowest BCUT2D eigenvalue weighted by Gasteiger charge is -2.38. The lowest BCUT2D eigenvalue weighted by atomic mass is 9.81. The van der Waals surface area contributed by atoms with Crippen LogP contribution in [0.5, 0.6) is 0 Å². The Morgan fingerprint density at radius 3 is 2.52 bits per heavy atom. The molecule has 0 amide bonds. The van der Waals surface area contributed by atoms with Gasteiger partial charge in [0.25, 0.3) is 0 Å². The molecule has 2 aliphatic rings. The molecule has 117 valence electrons. The van der Waals surface area contributed by atoms with E-state index in [0.29, 0.717) is 5.92 Å². The zero-order valence-corrected chi connectivity index (χ0v) is 13.5. The maximum atomic E-state index is 10.1. The van der Waals surface area contributed by atoms with E-state index in [-0.39, 0.29) is 0 Å². The average molecular weight is 292 g/mol. The molecule has 4 nitrogen and oxygen atoms in total. The van der Waals surface area contributed by atoms with Crippen molar-refractivity contribution in [3.8, 4) is 0 Å². The van der Waals surface area contributed by atoms with Crippen LogP contribution in [0.25, 0.3) is 0 Å². The number of nitrogens with zero attached hydrogens (tertiary/aromatic N) is 1. The molecule has 2 N–H and O–H groups in total. The summed E-state index contributed by atoms with van der Waals surface area (Å²) in [7, 11) is 1.66. The van der Waals surface area contributed by atoms with Crippen LogP contribution in [0.3, 0.4) is 0 Å². The number of rotatable bonds is 6. The van der Waals surface area contributed by atoms with Crippen LogP contribution in [0.4, 0.5) is 0 Å². The van der Waals surface area contributed by atoms with E-state index in [1.807, 2.05) is 31.0 Å². The molecule has 1 aliphatic heterocycles. The molecule has 2 rings (SSSR count). The first-order valence-corrected chi connectivity index (χ1v) is 7.76. The Labute approximate surface area is 128 Å². The van der Waals surface area contributed by atoms with E-state index in [4.69, 9.17) is 4.65 Å². The number of hydrogen-bond donors (Lipinski definition) is 2. The number of allylic oxidation sites excluding steroid dienone is 2. The Hall–Kier alpha value is -0.775. The molecule has 0 bridgehead atoms. The quantitative estimate of drug-likeness (QED) is 0.735. The van der Waals surface area contributed by atoms with E-state index in [9.17, 15) is 10.2 Å². The van der Waals surface area contributed by atoms with Crippen LogP contribution in [0.2, 0.25) is 0 Å². The lowest BCUT2D eigenvalue weighted by Crippen LogP contribution is -2.48. The van der Waals surface area contributed by atoms with Crippen LogP contribution in [-0.2, 0) is 4.65 Å². The molecule has 1 atom stereocenters. The smallest absolute Gasteiger partial charge is 0.332 e. The van der Waals surface area contributed by atoms with Gasteiger partial charge in [-0.1, -0.05) is 12.5 Å².